The number of aliphatic hydroxyl groups is 1. The first-order valence-corrected chi connectivity index (χ1v) is 8.45. The third kappa shape index (κ3) is 3.42. The largest absolute Gasteiger partial charge is 0.392 e. The standard InChI is InChI=1S/C19H25N3O2/c1-13-18(14(2)21(3)20-13)10-16-9-17(23)11-22(16)12-19(24)15-7-5-4-6-8-15/h4-8,16-17,23H,9-12H2,1-3H3/t16-,17+/m1/s1. The van der Waals surface area contributed by atoms with Crippen LogP contribution in [0.25, 0.3) is 0 Å². The lowest BCUT2D eigenvalue weighted by atomic mass is 10.0. The third-order valence-corrected chi connectivity index (χ3v) is 5.05. The van der Waals surface area contributed by atoms with E-state index >= 15 is 0 Å². The topological polar surface area (TPSA) is 58.4 Å². The van der Waals surface area contributed by atoms with E-state index in [9.17, 15) is 9.90 Å². The number of carbonyl (C=O) groups is 1. The molecule has 0 aliphatic carbocycles. The van der Waals surface area contributed by atoms with Crippen molar-refractivity contribution in [2.45, 2.75) is 38.8 Å². The van der Waals surface area contributed by atoms with E-state index < -0.39 is 0 Å². The quantitative estimate of drug-likeness (QED) is 0.852. The molecule has 2 aromatic rings. The molecule has 5 nitrogen and oxygen atoms in total. The fourth-order valence-electron chi connectivity index (χ4n) is 3.61. The van der Waals surface area contributed by atoms with Gasteiger partial charge in [-0.2, -0.15) is 5.10 Å². The van der Waals surface area contributed by atoms with E-state index in [0.717, 1.165) is 23.4 Å². The predicted octanol–water partition coefficient (Wildman–Crippen LogP) is 1.90. The molecular formula is C19H25N3O2. The van der Waals surface area contributed by atoms with Gasteiger partial charge in [-0.25, -0.2) is 0 Å². The second-order valence-electron chi connectivity index (χ2n) is 6.74. The number of carbonyl (C=O) groups excluding carboxylic acids is 1. The van der Waals surface area contributed by atoms with Crippen molar-refractivity contribution < 1.29 is 9.90 Å². The van der Waals surface area contributed by atoms with Crippen molar-refractivity contribution >= 4 is 5.78 Å². The summed E-state index contributed by atoms with van der Waals surface area (Å²) in [4.78, 5) is 14.6. The summed E-state index contributed by atoms with van der Waals surface area (Å²) in [5.41, 5.74) is 4.15. The van der Waals surface area contributed by atoms with Gasteiger partial charge in [0, 0.05) is 30.9 Å². The maximum atomic E-state index is 12.5. The van der Waals surface area contributed by atoms with Crippen LogP contribution in [0.3, 0.4) is 0 Å². The molecule has 2 heterocycles. The van der Waals surface area contributed by atoms with E-state index in [1.54, 1.807) is 0 Å². The zero-order valence-electron chi connectivity index (χ0n) is 14.6. The van der Waals surface area contributed by atoms with Crippen LogP contribution in [0.5, 0.6) is 0 Å². The van der Waals surface area contributed by atoms with Crippen molar-refractivity contribution in [2.24, 2.45) is 7.05 Å². The summed E-state index contributed by atoms with van der Waals surface area (Å²) >= 11 is 0. The van der Waals surface area contributed by atoms with Gasteiger partial charge < -0.3 is 5.11 Å². The monoisotopic (exact) mass is 327 g/mol. The molecule has 3 rings (SSSR count). The minimum absolute atomic E-state index is 0.106. The van der Waals surface area contributed by atoms with Crippen LogP contribution in [0.15, 0.2) is 30.3 Å². The fraction of sp³-hybridized carbons (Fsp3) is 0.474. The highest BCUT2D eigenvalue weighted by Gasteiger charge is 2.33. The van der Waals surface area contributed by atoms with Gasteiger partial charge in [-0.05, 0) is 32.3 Å². The molecule has 0 unspecified atom stereocenters. The molecular weight excluding hydrogens is 302 g/mol. The van der Waals surface area contributed by atoms with Gasteiger partial charge in [-0.1, -0.05) is 30.3 Å². The molecule has 0 amide bonds. The molecule has 0 saturated carbocycles. The molecule has 24 heavy (non-hydrogen) atoms. The van der Waals surface area contributed by atoms with Crippen molar-refractivity contribution in [1.29, 1.82) is 0 Å². The zero-order valence-corrected chi connectivity index (χ0v) is 14.6. The number of ketones is 1. The summed E-state index contributed by atoms with van der Waals surface area (Å²) in [5.74, 6) is 0.106. The highest BCUT2D eigenvalue weighted by atomic mass is 16.3. The number of aromatic nitrogens is 2. The lowest BCUT2D eigenvalue weighted by Crippen LogP contribution is -2.36. The van der Waals surface area contributed by atoms with Crippen LogP contribution < -0.4 is 0 Å². The van der Waals surface area contributed by atoms with Gasteiger partial charge in [-0.15, -0.1) is 0 Å². The Balaban J connectivity index is 1.73. The van der Waals surface area contributed by atoms with Crippen LogP contribution in [0.1, 0.15) is 33.7 Å². The van der Waals surface area contributed by atoms with Crippen LogP contribution in [0, 0.1) is 13.8 Å². The number of benzene rings is 1. The summed E-state index contributed by atoms with van der Waals surface area (Å²) in [6.45, 7) is 5.00. The Morgan fingerprint density at radius 2 is 2.00 bits per heavy atom. The number of aryl methyl sites for hydroxylation is 2. The minimum atomic E-state index is -0.365. The molecule has 1 aliphatic rings. The SMILES string of the molecule is Cc1nn(C)c(C)c1C[C@H]1C[C@H](O)CN1CC(=O)c1ccccc1. The van der Waals surface area contributed by atoms with Crippen molar-refractivity contribution in [2.75, 3.05) is 13.1 Å². The van der Waals surface area contributed by atoms with Gasteiger partial charge in [-0.3, -0.25) is 14.4 Å². The van der Waals surface area contributed by atoms with Crippen molar-refractivity contribution in [3.05, 3.63) is 52.8 Å². The van der Waals surface area contributed by atoms with Crippen LogP contribution in [-0.2, 0) is 13.5 Å². The maximum Gasteiger partial charge on any atom is 0.176 e. The van der Waals surface area contributed by atoms with E-state index in [-0.39, 0.29) is 17.9 Å². The summed E-state index contributed by atoms with van der Waals surface area (Å²) < 4.78 is 1.90. The molecule has 2 atom stereocenters. The molecule has 0 bridgehead atoms. The zero-order chi connectivity index (χ0) is 17.3. The smallest absolute Gasteiger partial charge is 0.176 e. The average molecular weight is 327 g/mol. The second kappa shape index (κ2) is 6.87. The fourth-order valence-corrected chi connectivity index (χ4v) is 3.61. The molecule has 0 radical (unpaired) electrons. The Morgan fingerprint density at radius 1 is 1.29 bits per heavy atom. The first kappa shape index (κ1) is 16.9. The number of β-amino-alcohol motifs (C(OH)–C–C–N with tert-alkyl or cyclic N) is 1. The first-order valence-electron chi connectivity index (χ1n) is 8.45. The lowest BCUT2D eigenvalue weighted by Gasteiger charge is -2.23. The second-order valence-corrected chi connectivity index (χ2v) is 6.74. The third-order valence-electron chi connectivity index (χ3n) is 5.05. The van der Waals surface area contributed by atoms with Gasteiger partial charge in [0.15, 0.2) is 5.78 Å². The molecule has 1 aromatic heterocycles. The summed E-state index contributed by atoms with van der Waals surface area (Å²) in [6.07, 6.45) is 1.16. The van der Waals surface area contributed by atoms with Gasteiger partial charge in [0.1, 0.15) is 0 Å². The molecule has 1 fully saturated rings. The Kier molecular flexibility index (Phi) is 4.83. The molecule has 0 spiro atoms. The highest BCUT2D eigenvalue weighted by molar-refractivity contribution is 5.97. The first-order chi connectivity index (χ1) is 11.5. The molecule has 1 saturated heterocycles. The van der Waals surface area contributed by atoms with E-state index in [1.807, 2.05) is 49.0 Å². The molecule has 1 aliphatic heterocycles. The van der Waals surface area contributed by atoms with Crippen molar-refractivity contribution in [3.63, 3.8) is 0 Å². The Morgan fingerprint density at radius 3 is 2.62 bits per heavy atom. The molecule has 1 aromatic carbocycles. The highest BCUT2D eigenvalue weighted by Crippen LogP contribution is 2.24. The normalized spacial score (nSPS) is 21.3. The number of nitrogens with zero attached hydrogens (tertiary/aromatic N) is 3. The number of hydrogen-bond acceptors (Lipinski definition) is 4. The number of hydrogen-bond donors (Lipinski definition) is 1. The van der Waals surface area contributed by atoms with Gasteiger partial charge >= 0.3 is 0 Å². The van der Waals surface area contributed by atoms with Crippen LogP contribution in [-0.4, -0.2) is 50.8 Å². The molecule has 1 N–H and O–H groups in total. The van der Waals surface area contributed by atoms with E-state index in [0.29, 0.717) is 19.5 Å². The predicted molar refractivity (Wildman–Crippen MR) is 93.1 cm³/mol. The van der Waals surface area contributed by atoms with Crippen molar-refractivity contribution in [1.82, 2.24) is 14.7 Å². The van der Waals surface area contributed by atoms with E-state index in [4.69, 9.17) is 0 Å². The van der Waals surface area contributed by atoms with Crippen LogP contribution >= 0.6 is 0 Å². The number of aliphatic hydroxyl groups excluding tert-OH is 1. The van der Waals surface area contributed by atoms with Gasteiger partial charge in [0.05, 0.1) is 18.3 Å². The number of rotatable bonds is 5. The van der Waals surface area contributed by atoms with Gasteiger partial charge in [0.25, 0.3) is 0 Å². The number of likely N-dealkylation sites (tertiary alicyclic amines) is 1. The maximum absolute atomic E-state index is 12.5. The summed E-state index contributed by atoms with van der Waals surface area (Å²) in [7, 11) is 1.95. The lowest BCUT2D eigenvalue weighted by molar-refractivity contribution is 0.0912. The molecule has 128 valence electrons. The van der Waals surface area contributed by atoms with Crippen molar-refractivity contribution in [3.8, 4) is 0 Å². The van der Waals surface area contributed by atoms with Crippen LogP contribution in [0.4, 0.5) is 0 Å². The van der Waals surface area contributed by atoms with Gasteiger partial charge in [0.2, 0.25) is 0 Å². The summed E-state index contributed by atoms with van der Waals surface area (Å²) in [5, 5.41) is 14.6. The summed E-state index contributed by atoms with van der Waals surface area (Å²) in [6, 6.07) is 9.54. The Hall–Kier alpha value is -1.98. The minimum Gasteiger partial charge on any atom is -0.392 e. The Labute approximate surface area is 142 Å². The average Bonchev–Trinajstić information content (AvgIpc) is 3.02. The molecule has 5 heteroatoms. The Bertz CT molecular complexity index is 724. The van der Waals surface area contributed by atoms with E-state index in [2.05, 4.69) is 16.9 Å². The van der Waals surface area contributed by atoms with Crippen LogP contribution in [0.2, 0.25) is 0 Å². The number of Topliss-reactive ketones (excluding diaryl/α,β-unsaturated/α-hetero) is 1. The van der Waals surface area contributed by atoms with E-state index in [1.165, 1.54) is 5.56 Å².